The quantitative estimate of drug-likeness (QED) is 0.732. The van der Waals surface area contributed by atoms with E-state index < -0.39 is 16.0 Å². The van der Waals surface area contributed by atoms with Crippen molar-refractivity contribution in [2.45, 2.75) is 35.8 Å². The number of nitriles is 1. The highest BCUT2D eigenvalue weighted by Crippen LogP contribution is 2.49. The van der Waals surface area contributed by atoms with E-state index in [9.17, 15) is 13.2 Å². The van der Waals surface area contributed by atoms with Crippen LogP contribution in [-0.4, -0.2) is 31.6 Å². The number of para-hydroxylation sites is 1. The number of carboxylic acid groups (broad SMARTS) is 1. The largest absolute Gasteiger partial charge is 0.489 e. The van der Waals surface area contributed by atoms with Crippen LogP contribution in [0.3, 0.4) is 0 Å². The van der Waals surface area contributed by atoms with Crippen molar-refractivity contribution in [3.63, 3.8) is 0 Å². The molecule has 1 fully saturated rings. The van der Waals surface area contributed by atoms with Gasteiger partial charge >= 0.3 is 5.97 Å². The number of hydrogen-bond acceptors (Lipinski definition) is 5. The number of carboxylic acids is 1. The number of sulfonamides is 1. The highest BCUT2D eigenvalue weighted by atomic mass is 32.2. The second kappa shape index (κ2) is 7.35. The van der Waals surface area contributed by atoms with Gasteiger partial charge < -0.3 is 9.84 Å². The van der Waals surface area contributed by atoms with Crippen LogP contribution < -0.4 is 9.46 Å². The molecule has 4 rings (SSSR count). The zero-order valence-electron chi connectivity index (χ0n) is 15.3. The van der Waals surface area contributed by atoms with Crippen LogP contribution in [0.1, 0.15) is 35.4 Å². The average Bonchev–Trinajstić information content (AvgIpc) is 3.26. The van der Waals surface area contributed by atoms with Crippen LogP contribution in [0.15, 0.2) is 53.4 Å². The molecule has 0 spiro atoms. The third-order valence-electron chi connectivity index (χ3n) is 5.31. The molecule has 8 heteroatoms. The smallest absolute Gasteiger partial charge is 0.328 e. The predicted octanol–water partition coefficient (Wildman–Crippen LogP) is 2.64. The minimum absolute atomic E-state index is 0.109. The van der Waals surface area contributed by atoms with Crippen molar-refractivity contribution < 1.29 is 23.1 Å². The van der Waals surface area contributed by atoms with Gasteiger partial charge in [-0.05, 0) is 43.2 Å². The Kier molecular flexibility index (Phi) is 4.86. The van der Waals surface area contributed by atoms with Gasteiger partial charge in [0.25, 0.3) is 0 Å². The van der Waals surface area contributed by atoms with Gasteiger partial charge in [-0.25, -0.2) is 17.9 Å². The van der Waals surface area contributed by atoms with E-state index in [1.807, 2.05) is 18.2 Å². The Morgan fingerprint density at radius 1 is 1.21 bits per heavy atom. The highest BCUT2D eigenvalue weighted by molar-refractivity contribution is 7.89. The normalized spacial score (nSPS) is 22.7. The maximum absolute atomic E-state index is 12.8. The molecular weight excluding hydrogens is 392 g/mol. The Bertz CT molecular complexity index is 1130. The Labute approximate surface area is 168 Å². The fourth-order valence-corrected chi connectivity index (χ4v) is 5.33. The molecule has 7 nitrogen and oxygen atoms in total. The first kappa shape index (κ1) is 19.2. The summed E-state index contributed by atoms with van der Waals surface area (Å²) >= 11 is 0. The second-order valence-corrected chi connectivity index (χ2v) is 8.77. The van der Waals surface area contributed by atoms with Gasteiger partial charge in [-0.2, -0.15) is 5.26 Å². The second-order valence-electron chi connectivity index (χ2n) is 7.06. The predicted molar refractivity (Wildman–Crippen MR) is 105 cm³/mol. The standard InChI is InChI=1S/C21H18N2O5S/c22-12-13-4-7-15(8-5-13)29(26,27)23-17-9-10-18-20(17)16-3-1-2-14(21(16)28-18)6-11-19(24)25/h1-8,11,17-18,20,23H,9-10H2,(H,24,25)/b11-6+. The third kappa shape index (κ3) is 3.62. The summed E-state index contributed by atoms with van der Waals surface area (Å²) in [4.78, 5) is 10.9. The molecule has 1 aliphatic carbocycles. The van der Waals surface area contributed by atoms with E-state index in [-0.39, 0.29) is 23.0 Å². The van der Waals surface area contributed by atoms with Crippen LogP contribution >= 0.6 is 0 Å². The molecule has 0 saturated heterocycles. The van der Waals surface area contributed by atoms with Gasteiger partial charge in [0, 0.05) is 29.2 Å². The Balaban J connectivity index is 1.61. The first-order valence-electron chi connectivity index (χ1n) is 9.12. The van der Waals surface area contributed by atoms with Crippen molar-refractivity contribution in [1.29, 1.82) is 5.26 Å². The first-order chi connectivity index (χ1) is 13.9. The maximum atomic E-state index is 12.8. The van der Waals surface area contributed by atoms with E-state index in [1.165, 1.54) is 30.3 Å². The first-order valence-corrected chi connectivity index (χ1v) is 10.6. The van der Waals surface area contributed by atoms with E-state index >= 15 is 0 Å². The summed E-state index contributed by atoms with van der Waals surface area (Å²) in [6.45, 7) is 0. The summed E-state index contributed by atoms with van der Waals surface area (Å²) < 4.78 is 34.5. The summed E-state index contributed by atoms with van der Waals surface area (Å²) in [7, 11) is -3.75. The van der Waals surface area contributed by atoms with E-state index in [0.29, 0.717) is 29.7 Å². The minimum atomic E-state index is -3.75. The Morgan fingerprint density at radius 3 is 2.66 bits per heavy atom. The molecule has 2 aromatic rings. The Hall–Kier alpha value is -3.15. The molecule has 2 aliphatic rings. The van der Waals surface area contributed by atoms with Crippen molar-refractivity contribution >= 4 is 22.1 Å². The van der Waals surface area contributed by atoms with E-state index in [1.54, 1.807) is 6.07 Å². The summed E-state index contributed by atoms with van der Waals surface area (Å²) in [5.41, 5.74) is 1.94. The lowest BCUT2D eigenvalue weighted by Crippen LogP contribution is -2.37. The SMILES string of the molecule is N#Cc1ccc(S(=O)(=O)NC2CCC3Oc4c(/C=C/C(=O)O)cccc4C23)cc1. The zero-order chi connectivity index (χ0) is 20.6. The topological polar surface area (TPSA) is 116 Å². The lowest BCUT2D eigenvalue weighted by atomic mass is 9.93. The van der Waals surface area contributed by atoms with Gasteiger partial charge in [-0.3, -0.25) is 0 Å². The number of nitrogens with zero attached hydrogens (tertiary/aromatic N) is 1. The molecule has 1 aliphatic heterocycles. The molecule has 2 N–H and O–H groups in total. The molecule has 1 saturated carbocycles. The number of ether oxygens (including phenoxy) is 1. The maximum Gasteiger partial charge on any atom is 0.328 e. The van der Waals surface area contributed by atoms with E-state index in [4.69, 9.17) is 15.1 Å². The van der Waals surface area contributed by atoms with Crippen LogP contribution in [0.4, 0.5) is 0 Å². The van der Waals surface area contributed by atoms with Gasteiger partial charge in [0.15, 0.2) is 0 Å². The van der Waals surface area contributed by atoms with Gasteiger partial charge in [0.05, 0.1) is 16.5 Å². The van der Waals surface area contributed by atoms with Crippen LogP contribution in [0, 0.1) is 11.3 Å². The van der Waals surface area contributed by atoms with Crippen molar-refractivity contribution in [1.82, 2.24) is 4.72 Å². The van der Waals surface area contributed by atoms with Crippen LogP contribution in [0.2, 0.25) is 0 Å². The van der Waals surface area contributed by atoms with Gasteiger partial charge in [0.2, 0.25) is 10.0 Å². The molecular formula is C21H18N2O5S. The molecule has 2 aromatic carbocycles. The molecule has 0 bridgehead atoms. The zero-order valence-corrected chi connectivity index (χ0v) is 16.1. The molecule has 3 unspecified atom stereocenters. The van der Waals surface area contributed by atoms with Gasteiger partial charge in [-0.1, -0.05) is 18.2 Å². The average molecular weight is 410 g/mol. The lowest BCUT2D eigenvalue weighted by Gasteiger charge is -2.19. The number of carbonyl (C=O) groups is 1. The van der Waals surface area contributed by atoms with E-state index in [2.05, 4.69) is 4.72 Å². The van der Waals surface area contributed by atoms with Gasteiger partial charge in [0.1, 0.15) is 11.9 Å². The molecule has 0 radical (unpaired) electrons. The lowest BCUT2D eigenvalue weighted by molar-refractivity contribution is -0.131. The number of aliphatic carboxylic acids is 1. The van der Waals surface area contributed by atoms with E-state index in [0.717, 1.165) is 11.6 Å². The number of hydrogen-bond donors (Lipinski definition) is 2. The van der Waals surface area contributed by atoms with Gasteiger partial charge in [-0.15, -0.1) is 0 Å². The summed E-state index contributed by atoms with van der Waals surface area (Å²) in [6, 6.07) is 12.9. The monoisotopic (exact) mass is 410 g/mol. The number of nitrogens with one attached hydrogen (secondary N) is 1. The summed E-state index contributed by atoms with van der Waals surface area (Å²) in [5.74, 6) is -0.576. The highest BCUT2D eigenvalue weighted by Gasteiger charge is 2.46. The minimum Gasteiger partial charge on any atom is -0.489 e. The Morgan fingerprint density at radius 2 is 1.97 bits per heavy atom. The summed E-state index contributed by atoms with van der Waals surface area (Å²) in [5, 5.41) is 17.8. The van der Waals surface area contributed by atoms with Crippen molar-refractivity contribution in [3.05, 3.63) is 65.2 Å². The van der Waals surface area contributed by atoms with Crippen molar-refractivity contribution in [2.75, 3.05) is 0 Å². The van der Waals surface area contributed by atoms with Crippen molar-refractivity contribution in [2.24, 2.45) is 0 Å². The van der Waals surface area contributed by atoms with Crippen LogP contribution in [0.5, 0.6) is 5.75 Å². The number of rotatable bonds is 5. The molecule has 0 aromatic heterocycles. The number of benzene rings is 2. The molecule has 1 heterocycles. The fraction of sp³-hybridized carbons (Fsp3) is 0.238. The molecule has 0 amide bonds. The third-order valence-corrected chi connectivity index (χ3v) is 6.81. The molecule has 3 atom stereocenters. The fourth-order valence-electron chi connectivity index (χ4n) is 4.04. The molecule has 148 valence electrons. The van der Waals surface area contributed by atoms with Crippen LogP contribution in [0.25, 0.3) is 6.08 Å². The van der Waals surface area contributed by atoms with Crippen molar-refractivity contribution in [3.8, 4) is 11.8 Å². The summed E-state index contributed by atoms with van der Waals surface area (Å²) in [6.07, 6.45) is 3.72. The molecule has 29 heavy (non-hydrogen) atoms. The van der Waals surface area contributed by atoms with Crippen LogP contribution in [-0.2, 0) is 14.8 Å². The number of fused-ring (bicyclic) bond motifs is 3.